The summed E-state index contributed by atoms with van der Waals surface area (Å²) in [6.45, 7) is 10.4. The molecule has 1 heterocycles. The summed E-state index contributed by atoms with van der Waals surface area (Å²) in [5.74, 6) is 2.30. The van der Waals surface area contributed by atoms with Gasteiger partial charge in [0.1, 0.15) is 11.6 Å². The van der Waals surface area contributed by atoms with E-state index in [9.17, 15) is 4.79 Å². The maximum Gasteiger partial charge on any atom is 0.222 e. The van der Waals surface area contributed by atoms with Crippen molar-refractivity contribution < 1.29 is 9.53 Å². The van der Waals surface area contributed by atoms with Crippen LogP contribution in [0.3, 0.4) is 0 Å². The van der Waals surface area contributed by atoms with E-state index in [2.05, 4.69) is 60.1 Å². The van der Waals surface area contributed by atoms with Crippen molar-refractivity contribution in [2.24, 2.45) is 5.92 Å². The fourth-order valence-corrected chi connectivity index (χ4v) is 3.83. The average Bonchev–Trinajstić information content (AvgIpc) is 3.13. The largest absolute Gasteiger partial charge is 0.493 e. The molecule has 1 aromatic heterocycles. The van der Waals surface area contributed by atoms with E-state index in [0.717, 1.165) is 62.3 Å². The zero-order valence-corrected chi connectivity index (χ0v) is 20.0. The van der Waals surface area contributed by atoms with Crippen LogP contribution in [0.2, 0.25) is 0 Å². The first-order valence-electron chi connectivity index (χ1n) is 11.9. The zero-order valence-electron chi connectivity index (χ0n) is 20.0. The Morgan fingerprint density at radius 3 is 2.69 bits per heavy atom. The van der Waals surface area contributed by atoms with Crippen molar-refractivity contribution in [3.63, 3.8) is 0 Å². The van der Waals surface area contributed by atoms with Crippen molar-refractivity contribution in [2.75, 3.05) is 13.2 Å². The summed E-state index contributed by atoms with van der Waals surface area (Å²) < 4.78 is 8.41. The van der Waals surface area contributed by atoms with Gasteiger partial charge in [-0.05, 0) is 62.4 Å². The van der Waals surface area contributed by atoms with Crippen LogP contribution in [-0.2, 0) is 17.8 Å². The Morgan fingerprint density at radius 2 is 1.88 bits per heavy atom. The third kappa shape index (κ3) is 6.59. The molecule has 3 rings (SSSR count). The Hall–Kier alpha value is -2.82. The van der Waals surface area contributed by atoms with Crippen molar-refractivity contribution in [3.8, 4) is 5.75 Å². The fraction of sp³-hybridized carbons (Fsp3) is 0.481. The summed E-state index contributed by atoms with van der Waals surface area (Å²) in [7, 11) is 0. The summed E-state index contributed by atoms with van der Waals surface area (Å²) in [6, 6.07) is 14.7. The molecular weight excluding hydrogens is 398 g/mol. The molecule has 1 N–H and O–H groups in total. The molecule has 0 aliphatic rings. The molecule has 3 aromatic rings. The second-order valence-electron chi connectivity index (χ2n) is 8.90. The molecule has 32 heavy (non-hydrogen) atoms. The van der Waals surface area contributed by atoms with Crippen LogP contribution in [0.4, 0.5) is 0 Å². The number of unbranched alkanes of at least 4 members (excludes halogenated alkanes) is 2. The summed E-state index contributed by atoms with van der Waals surface area (Å²) in [5, 5.41) is 3.00. The highest BCUT2D eigenvalue weighted by atomic mass is 16.5. The summed E-state index contributed by atoms with van der Waals surface area (Å²) in [6.07, 6.45) is 5.03. The van der Waals surface area contributed by atoms with Gasteiger partial charge in [-0.15, -0.1) is 0 Å². The number of para-hydroxylation sites is 2. The number of fused-ring (bicyclic) bond motifs is 1. The Balaban J connectivity index is 1.52. The molecule has 5 heteroatoms. The number of aromatic nitrogens is 2. The number of carbonyl (C=O) groups is 1. The lowest BCUT2D eigenvalue weighted by Gasteiger charge is -2.12. The zero-order chi connectivity index (χ0) is 22.9. The minimum atomic E-state index is 0.0497. The molecule has 0 aliphatic heterocycles. The topological polar surface area (TPSA) is 56.1 Å². The molecule has 1 amide bonds. The van der Waals surface area contributed by atoms with E-state index in [1.54, 1.807) is 0 Å². The van der Waals surface area contributed by atoms with E-state index in [1.807, 2.05) is 19.9 Å². The van der Waals surface area contributed by atoms with E-state index < -0.39 is 0 Å². The Labute approximate surface area is 192 Å². The van der Waals surface area contributed by atoms with Crippen LogP contribution in [0.15, 0.2) is 42.5 Å². The predicted molar refractivity (Wildman–Crippen MR) is 131 cm³/mol. The quantitative estimate of drug-likeness (QED) is 0.376. The molecule has 0 bridgehead atoms. The van der Waals surface area contributed by atoms with Crippen LogP contribution in [-0.4, -0.2) is 28.6 Å². The van der Waals surface area contributed by atoms with Gasteiger partial charge in [0, 0.05) is 25.4 Å². The molecule has 2 aromatic carbocycles. The molecule has 0 atom stereocenters. The Bertz CT molecular complexity index is 1020. The minimum Gasteiger partial charge on any atom is -0.493 e. The van der Waals surface area contributed by atoms with Gasteiger partial charge in [0.2, 0.25) is 5.91 Å². The minimum absolute atomic E-state index is 0.0497. The van der Waals surface area contributed by atoms with Gasteiger partial charge in [-0.25, -0.2) is 4.98 Å². The van der Waals surface area contributed by atoms with Gasteiger partial charge in [0.25, 0.3) is 0 Å². The van der Waals surface area contributed by atoms with Gasteiger partial charge >= 0.3 is 0 Å². The van der Waals surface area contributed by atoms with Crippen LogP contribution in [0.1, 0.15) is 56.5 Å². The van der Waals surface area contributed by atoms with Crippen molar-refractivity contribution >= 4 is 16.9 Å². The van der Waals surface area contributed by atoms with Gasteiger partial charge in [-0.3, -0.25) is 4.79 Å². The SMILES string of the molecule is Cc1ccc(C)c(OCCCn2c(CCCCCNC(=O)C(C)C)nc3ccccc32)c1. The smallest absolute Gasteiger partial charge is 0.222 e. The Kier molecular flexibility index (Phi) is 8.72. The highest BCUT2D eigenvalue weighted by Gasteiger charge is 2.11. The highest BCUT2D eigenvalue weighted by Crippen LogP contribution is 2.21. The van der Waals surface area contributed by atoms with E-state index in [4.69, 9.17) is 9.72 Å². The van der Waals surface area contributed by atoms with Crippen molar-refractivity contribution in [1.82, 2.24) is 14.9 Å². The molecule has 0 unspecified atom stereocenters. The lowest BCUT2D eigenvalue weighted by atomic mass is 10.1. The van der Waals surface area contributed by atoms with E-state index in [1.165, 1.54) is 16.6 Å². The van der Waals surface area contributed by atoms with Crippen molar-refractivity contribution in [3.05, 3.63) is 59.4 Å². The van der Waals surface area contributed by atoms with E-state index in [-0.39, 0.29) is 11.8 Å². The van der Waals surface area contributed by atoms with Gasteiger partial charge in [0.05, 0.1) is 17.6 Å². The molecule has 0 saturated heterocycles. The first kappa shape index (κ1) is 23.8. The standard InChI is InChI=1S/C27H37N3O2/c1-20(2)27(31)28-16-9-5-6-13-26-29-23-11-7-8-12-24(23)30(26)17-10-18-32-25-19-21(3)14-15-22(25)4/h7-8,11-12,14-15,19-20H,5-6,9-10,13,16-18H2,1-4H3,(H,28,31). The molecule has 0 radical (unpaired) electrons. The third-order valence-electron chi connectivity index (χ3n) is 5.76. The summed E-state index contributed by atoms with van der Waals surface area (Å²) >= 11 is 0. The van der Waals surface area contributed by atoms with Crippen LogP contribution in [0, 0.1) is 19.8 Å². The molecule has 0 aliphatic carbocycles. The monoisotopic (exact) mass is 435 g/mol. The van der Waals surface area contributed by atoms with Gasteiger partial charge in [-0.1, -0.05) is 44.5 Å². The number of benzene rings is 2. The van der Waals surface area contributed by atoms with Crippen LogP contribution < -0.4 is 10.1 Å². The van der Waals surface area contributed by atoms with Crippen LogP contribution >= 0.6 is 0 Å². The van der Waals surface area contributed by atoms with Gasteiger partial charge < -0.3 is 14.6 Å². The first-order valence-corrected chi connectivity index (χ1v) is 11.9. The van der Waals surface area contributed by atoms with Gasteiger partial charge in [-0.2, -0.15) is 0 Å². The number of hydrogen-bond acceptors (Lipinski definition) is 3. The highest BCUT2D eigenvalue weighted by molar-refractivity contribution is 5.77. The second-order valence-corrected chi connectivity index (χ2v) is 8.90. The molecular formula is C27H37N3O2. The third-order valence-corrected chi connectivity index (χ3v) is 5.76. The molecule has 5 nitrogen and oxygen atoms in total. The van der Waals surface area contributed by atoms with E-state index in [0.29, 0.717) is 6.61 Å². The molecule has 172 valence electrons. The number of carbonyl (C=O) groups excluding carboxylic acids is 1. The molecule has 0 saturated carbocycles. The Morgan fingerprint density at radius 1 is 1.06 bits per heavy atom. The van der Waals surface area contributed by atoms with E-state index >= 15 is 0 Å². The average molecular weight is 436 g/mol. The number of nitrogens with one attached hydrogen (secondary N) is 1. The molecule has 0 fully saturated rings. The second kappa shape index (κ2) is 11.7. The summed E-state index contributed by atoms with van der Waals surface area (Å²) in [5.41, 5.74) is 4.65. The van der Waals surface area contributed by atoms with Crippen molar-refractivity contribution in [1.29, 1.82) is 0 Å². The fourth-order valence-electron chi connectivity index (χ4n) is 3.83. The molecule has 0 spiro atoms. The number of ether oxygens (including phenoxy) is 1. The maximum absolute atomic E-state index is 11.7. The maximum atomic E-state index is 11.7. The summed E-state index contributed by atoms with van der Waals surface area (Å²) in [4.78, 5) is 16.6. The normalized spacial score (nSPS) is 11.3. The number of imidazole rings is 1. The first-order chi connectivity index (χ1) is 15.5. The number of aryl methyl sites for hydroxylation is 4. The lowest BCUT2D eigenvalue weighted by molar-refractivity contribution is -0.123. The predicted octanol–water partition coefficient (Wildman–Crippen LogP) is 5.61. The van der Waals surface area contributed by atoms with Crippen LogP contribution in [0.5, 0.6) is 5.75 Å². The number of rotatable bonds is 12. The lowest BCUT2D eigenvalue weighted by Crippen LogP contribution is -2.28. The van der Waals surface area contributed by atoms with Crippen LogP contribution in [0.25, 0.3) is 11.0 Å². The number of hydrogen-bond donors (Lipinski definition) is 1. The number of amides is 1. The van der Waals surface area contributed by atoms with Gasteiger partial charge in [0.15, 0.2) is 0 Å². The number of nitrogens with zero attached hydrogens (tertiary/aromatic N) is 2. The van der Waals surface area contributed by atoms with Crippen molar-refractivity contribution in [2.45, 2.75) is 66.3 Å².